The number of hydrogen-bond donors (Lipinski definition) is 0. The van der Waals surface area contributed by atoms with Crippen LogP contribution in [-0.4, -0.2) is 15.8 Å². The van der Waals surface area contributed by atoms with Crippen LogP contribution in [0.5, 0.6) is 0 Å². The van der Waals surface area contributed by atoms with Gasteiger partial charge in [0, 0.05) is 30.6 Å². The van der Waals surface area contributed by atoms with Gasteiger partial charge in [-0.05, 0) is 23.8 Å². The van der Waals surface area contributed by atoms with Gasteiger partial charge in [0.25, 0.3) is 0 Å². The molecule has 2 aromatic heterocycles. The Morgan fingerprint density at radius 2 is 2.05 bits per heavy atom. The molecule has 1 aromatic carbocycles. The van der Waals surface area contributed by atoms with Gasteiger partial charge in [-0.2, -0.15) is 0 Å². The van der Waals surface area contributed by atoms with Crippen molar-refractivity contribution in [2.75, 3.05) is 0 Å². The van der Waals surface area contributed by atoms with Crippen molar-refractivity contribution in [3.05, 3.63) is 52.8 Å². The van der Waals surface area contributed by atoms with E-state index in [1.165, 1.54) is 10.8 Å². The van der Waals surface area contributed by atoms with Crippen molar-refractivity contribution < 1.29 is 9.21 Å². The van der Waals surface area contributed by atoms with Crippen LogP contribution in [-0.2, 0) is 7.05 Å². The number of oxazole rings is 1. The fraction of sp³-hybridized carbons (Fsp3) is 0.0714. The first-order chi connectivity index (χ1) is 9.19. The number of carbonyl (C=O) groups excluding carboxylic acids is 1. The van der Waals surface area contributed by atoms with Gasteiger partial charge in [-0.25, -0.2) is 4.79 Å². The van der Waals surface area contributed by atoms with Gasteiger partial charge in [-0.3, -0.25) is 14.3 Å². The number of aldehydes is 1. The van der Waals surface area contributed by atoms with Crippen molar-refractivity contribution in [3.8, 4) is 11.1 Å². The second-order valence-electron chi connectivity index (χ2n) is 4.23. The summed E-state index contributed by atoms with van der Waals surface area (Å²) in [6.07, 6.45) is 3.93. The quantitative estimate of drug-likeness (QED) is 0.656. The van der Waals surface area contributed by atoms with Gasteiger partial charge >= 0.3 is 5.76 Å². The highest BCUT2D eigenvalue weighted by Crippen LogP contribution is 2.23. The fourth-order valence-corrected chi connectivity index (χ4v) is 1.99. The molecule has 0 bridgehead atoms. The van der Waals surface area contributed by atoms with Crippen LogP contribution in [0.3, 0.4) is 0 Å². The molecule has 0 aliphatic heterocycles. The van der Waals surface area contributed by atoms with Crippen molar-refractivity contribution >= 4 is 17.4 Å². The molecule has 0 amide bonds. The molecule has 0 spiro atoms. The van der Waals surface area contributed by atoms with Crippen LogP contribution >= 0.6 is 0 Å². The minimum Gasteiger partial charge on any atom is -0.408 e. The zero-order valence-electron chi connectivity index (χ0n) is 10.2. The van der Waals surface area contributed by atoms with Crippen molar-refractivity contribution in [3.63, 3.8) is 0 Å². The lowest BCUT2D eigenvalue weighted by Gasteiger charge is -2.02. The van der Waals surface area contributed by atoms with Gasteiger partial charge in [0.15, 0.2) is 11.9 Å². The van der Waals surface area contributed by atoms with Gasteiger partial charge in [0.1, 0.15) is 0 Å². The minimum absolute atomic E-state index is 0.396. The number of aromatic nitrogens is 2. The average molecular weight is 254 g/mol. The number of carbonyl (C=O) groups is 1. The number of aryl methyl sites for hydroxylation is 1. The fourth-order valence-electron chi connectivity index (χ4n) is 1.99. The summed E-state index contributed by atoms with van der Waals surface area (Å²) in [5.41, 5.74) is 3.45. The molecule has 19 heavy (non-hydrogen) atoms. The molecule has 0 N–H and O–H groups in total. The normalized spacial score (nSPS) is 10.8. The maximum atomic E-state index is 11.4. The molecule has 3 rings (SSSR count). The summed E-state index contributed by atoms with van der Waals surface area (Å²) < 4.78 is 6.51. The number of hydrogen-bond acceptors (Lipinski definition) is 4. The molecular weight excluding hydrogens is 244 g/mol. The smallest absolute Gasteiger partial charge is 0.408 e. The molecule has 5 heteroatoms. The highest BCUT2D eigenvalue weighted by molar-refractivity contribution is 5.82. The molecule has 2 heterocycles. The van der Waals surface area contributed by atoms with Crippen molar-refractivity contribution in [1.82, 2.24) is 9.55 Å². The lowest BCUT2D eigenvalue weighted by Crippen LogP contribution is -2.08. The number of fused-ring (bicyclic) bond motifs is 1. The van der Waals surface area contributed by atoms with E-state index in [4.69, 9.17) is 4.42 Å². The van der Waals surface area contributed by atoms with Gasteiger partial charge < -0.3 is 4.42 Å². The van der Waals surface area contributed by atoms with E-state index >= 15 is 0 Å². The van der Waals surface area contributed by atoms with E-state index in [0.717, 1.165) is 17.4 Å². The largest absolute Gasteiger partial charge is 0.419 e. The lowest BCUT2D eigenvalue weighted by molar-refractivity contribution is 0.112. The monoisotopic (exact) mass is 254 g/mol. The molecule has 0 saturated heterocycles. The predicted octanol–water partition coefficient (Wildman–Crippen LogP) is 2.01. The standard InChI is InChI=1S/C14H10N2O3/c1-16-12-5-10(2-3-13(12)19-14(16)18)11-4-9(8-17)6-15-7-11/h2-8H,1H3. The second-order valence-corrected chi connectivity index (χ2v) is 4.23. The van der Waals surface area contributed by atoms with Crippen LogP contribution in [0.25, 0.3) is 22.2 Å². The summed E-state index contributed by atoms with van der Waals surface area (Å²) in [5, 5.41) is 0. The summed E-state index contributed by atoms with van der Waals surface area (Å²) in [6, 6.07) is 7.15. The molecule has 0 atom stereocenters. The Bertz CT molecular complexity index is 830. The van der Waals surface area contributed by atoms with Crippen LogP contribution < -0.4 is 5.76 Å². The van der Waals surface area contributed by atoms with Gasteiger partial charge in [0.2, 0.25) is 0 Å². The Kier molecular flexibility index (Phi) is 2.52. The molecule has 0 fully saturated rings. The summed E-state index contributed by atoms with van der Waals surface area (Å²) in [4.78, 5) is 26.2. The Labute approximate surface area is 108 Å². The second kappa shape index (κ2) is 4.20. The number of benzene rings is 1. The van der Waals surface area contributed by atoms with Crippen molar-refractivity contribution in [2.45, 2.75) is 0 Å². The Morgan fingerprint density at radius 3 is 2.84 bits per heavy atom. The van der Waals surface area contributed by atoms with E-state index in [9.17, 15) is 9.59 Å². The van der Waals surface area contributed by atoms with Crippen molar-refractivity contribution in [1.29, 1.82) is 0 Å². The number of rotatable bonds is 2. The molecule has 0 aliphatic carbocycles. The third kappa shape index (κ3) is 1.85. The predicted molar refractivity (Wildman–Crippen MR) is 70.1 cm³/mol. The van der Waals surface area contributed by atoms with Crippen LogP contribution in [0.4, 0.5) is 0 Å². The third-order valence-electron chi connectivity index (χ3n) is 3.02. The van der Waals surface area contributed by atoms with Crippen LogP contribution in [0.15, 0.2) is 45.9 Å². The Balaban J connectivity index is 2.22. The van der Waals surface area contributed by atoms with Crippen molar-refractivity contribution in [2.24, 2.45) is 7.05 Å². The number of pyridine rings is 1. The maximum absolute atomic E-state index is 11.4. The maximum Gasteiger partial charge on any atom is 0.419 e. The zero-order chi connectivity index (χ0) is 13.4. The molecule has 5 nitrogen and oxygen atoms in total. The van der Waals surface area contributed by atoms with Gasteiger partial charge in [-0.15, -0.1) is 0 Å². The molecule has 94 valence electrons. The summed E-state index contributed by atoms with van der Waals surface area (Å²) in [7, 11) is 1.65. The van der Waals surface area contributed by atoms with E-state index in [0.29, 0.717) is 16.7 Å². The SMILES string of the molecule is Cn1c(=O)oc2ccc(-c3cncc(C=O)c3)cc21. The lowest BCUT2D eigenvalue weighted by atomic mass is 10.1. The topological polar surface area (TPSA) is 65.1 Å². The molecule has 0 saturated carbocycles. The van der Waals surface area contributed by atoms with Crippen LogP contribution in [0.2, 0.25) is 0 Å². The average Bonchev–Trinajstić information content (AvgIpc) is 2.74. The Hall–Kier alpha value is -2.69. The molecule has 0 unspecified atom stereocenters. The minimum atomic E-state index is -0.396. The summed E-state index contributed by atoms with van der Waals surface area (Å²) >= 11 is 0. The highest BCUT2D eigenvalue weighted by atomic mass is 16.4. The van der Waals surface area contributed by atoms with Crippen LogP contribution in [0, 0.1) is 0 Å². The first-order valence-corrected chi connectivity index (χ1v) is 5.69. The van der Waals surface area contributed by atoms with E-state index in [1.807, 2.05) is 12.1 Å². The first-order valence-electron chi connectivity index (χ1n) is 5.69. The molecule has 0 aliphatic rings. The zero-order valence-corrected chi connectivity index (χ0v) is 10.2. The van der Waals surface area contributed by atoms with E-state index < -0.39 is 5.76 Å². The van der Waals surface area contributed by atoms with Gasteiger partial charge in [0.05, 0.1) is 5.52 Å². The van der Waals surface area contributed by atoms with Crippen LogP contribution in [0.1, 0.15) is 10.4 Å². The Morgan fingerprint density at radius 1 is 1.21 bits per heavy atom. The summed E-state index contributed by atoms with van der Waals surface area (Å²) in [5.74, 6) is -0.396. The summed E-state index contributed by atoms with van der Waals surface area (Å²) in [6.45, 7) is 0. The van der Waals surface area contributed by atoms with Gasteiger partial charge in [-0.1, -0.05) is 6.07 Å². The van der Waals surface area contributed by atoms with E-state index in [-0.39, 0.29) is 0 Å². The molecule has 0 radical (unpaired) electrons. The third-order valence-corrected chi connectivity index (χ3v) is 3.02. The number of nitrogens with zero attached hydrogens (tertiary/aromatic N) is 2. The van der Waals surface area contributed by atoms with E-state index in [2.05, 4.69) is 4.98 Å². The molecular formula is C14H10N2O3. The van der Waals surface area contributed by atoms with E-state index in [1.54, 1.807) is 25.4 Å². The molecule has 3 aromatic rings. The highest BCUT2D eigenvalue weighted by Gasteiger charge is 2.08. The first kappa shape index (κ1) is 11.4.